The zero-order valence-electron chi connectivity index (χ0n) is 13.5. The van der Waals surface area contributed by atoms with Crippen molar-refractivity contribution in [3.63, 3.8) is 0 Å². The molecule has 1 atom stereocenters. The van der Waals surface area contributed by atoms with Crippen molar-refractivity contribution in [1.82, 2.24) is 9.88 Å². The van der Waals surface area contributed by atoms with Crippen LogP contribution in [0, 0.1) is 17.2 Å². The Labute approximate surface area is 136 Å². The maximum absolute atomic E-state index is 13.1. The van der Waals surface area contributed by atoms with E-state index in [0.717, 1.165) is 17.5 Å². The molecule has 1 amide bonds. The quantitative estimate of drug-likeness (QED) is 0.841. The number of amides is 1. The van der Waals surface area contributed by atoms with Gasteiger partial charge in [-0.1, -0.05) is 26.0 Å². The third kappa shape index (κ3) is 3.76. The summed E-state index contributed by atoms with van der Waals surface area (Å²) in [5, 5.41) is 0. The van der Waals surface area contributed by atoms with Crippen LogP contribution in [0.5, 0.6) is 0 Å². The Hall–Kier alpha value is -2.23. The Morgan fingerprint density at radius 2 is 1.65 bits per heavy atom. The summed E-state index contributed by atoms with van der Waals surface area (Å²) in [5.74, 6) is 0.00464. The van der Waals surface area contributed by atoms with E-state index in [1.807, 2.05) is 17.0 Å². The van der Waals surface area contributed by atoms with Crippen molar-refractivity contribution in [2.75, 3.05) is 0 Å². The predicted octanol–water partition coefficient (Wildman–Crippen LogP) is 3.80. The molecule has 0 unspecified atom stereocenters. The SMILES string of the molecule is CC1(C)C[C@H]1C(=O)N(Cc1ccncc1)Cc1ccc(F)cc1. The topological polar surface area (TPSA) is 33.2 Å². The maximum Gasteiger partial charge on any atom is 0.226 e. The summed E-state index contributed by atoms with van der Waals surface area (Å²) in [7, 11) is 0. The molecule has 1 aromatic heterocycles. The smallest absolute Gasteiger partial charge is 0.226 e. The van der Waals surface area contributed by atoms with Gasteiger partial charge >= 0.3 is 0 Å². The van der Waals surface area contributed by atoms with Crippen molar-refractivity contribution >= 4 is 5.91 Å². The highest BCUT2D eigenvalue weighted by Crippen LogP contribution is 2.52. The molecule has 1 aliphatic carbocycles. The lowest BCUT2D eigenvalue weighted by molar-refractivity contribution is -0.134. The summed E-state index contributed by atoms with van der Waals surface area (Å²) in [6.07, 6.45) is 4.40. The summed E-state index contributed by atoms with van der Waals surface area (Å²) in [6, 6.07) is 10.2. The summed E-state index contributed by atoms with van der Waals surface area (Å²) >= 11 is 0. The molecule has 23 heavy (non-hydrogen) atoms. The molecule has 1 aliphatic rings. The molecule has 4 heteroatoms. The van der Waals surface area contributed by atoms with Gasteiger partial charge in [-0.25, -0.2) is 4.39 Å². The fourth-order valence-electron chi connectivity index (χ4n) is 2.84. The van der Waals surface area contributed by atoms with Gasteiger partial charge in [0.1, 0.15) is 5.82 Å². The highest BCUT2D eigenvalue weighted by atomic mass is 19.1. The minimum atomic E-state index is -0.260. The molecular weight excluding hydrogens is 291 g/mol. The monoisotopic (exact) mass is 312 g/mol. The summed E-state index contributed by atoms with van der Waals surface area (Å²) < 4.78 is 13.1. The first kappa shape index (κ1) is 15.7. The standard InChI is InChI=1S/C19H21FN2O/c1-19(2)11-17(19)18(23)22(13-15-7-9-21-10-8-15)12-14-3-5-16(20)6-4-14/h3-10,17H,11-13H2,1-2H3/t17-/m0/s1. The van der Waals surface area contributed by atoms with Crippen LogP contribution in [0.25, 0.3) is 0 Å². The zero-order valence-corrected chi connectivity index (χ0v) is 13.5. The van der Waals surface area contributed by atoms with Gasteiger partial charge < -0.3 is 4.90 Å². The van der Waals surface area contributed by atoms with Gasteiger partial charge in [0, 0.05) is 31.4 Å². The summed E-state index contributed by atoms with van der Waals surface area (Å²) in [5.41, 5.74) is 2.08. The Morgan fingerprint density at radius 1 is 1.13 bits per heavy atom. The number of carbonyl (C=O) groups is 1. The number of carbonyl (C=O) groups excluding carboxylic acids is 1. The van der Waals surface area contributed by atoms with Crippen molar-refractivity contribution < 1.29 is 9.18 Å². The second-order valence-electron chi connectivity index (χ2n) is 6.92. The fraction of sp³-hybridized carbons (Fsp3) is 0.368. The van der Waals surface area contributed by atoms with Crippen LogP contribution in [0.15, 0.2) is 48.8 Å². The van der Waals surface area contributed by atoms with E-state index in [1.54, 1.807) is 24.5 Å². The van der Waals surface area contributed by atoms with Gasteiger partial charge in [0.05, 0.1) is 0 Å². The van der Waals surface area contributed by atoms with Crippen molar-refractivity contribution in [1.29, 1.82) is 0 Å². The van der Waals surface area contributed by atoms with Crippen LogP contribution < -0.4 is 0 Å². The van der Waals surface area contributed by atoms with Gasteiger partial charge in [-0.15, -0.1) is 0 Å². The van der Waals surface area contributed by atoms with E-state index < -0.39 is 0 Å². The Kier molecular flexibility index (Phi) is 4.16. The Balaban J connectivity index is 1.78. The first-order valence-corrected chi connectivity index (χ1v) is 7.88. The van der Waals surface area contributed by atoms with Gasteiger partial charge in [0.15, 0.2) is 0 Å². The molecule has 1 aromatic carbocycles. The first-order valence-electron chi connectivity index (χ1n) is 7.88. The normalized spacial score (nSPS) is 18.5. The summed E-state index contributed by atoms with van der Waals surface area (Å²) in [4.78, 5) is 18.7. The highest BCUT2D eigenvalue weighted by molar-refractivity contribution is 5.82. The van der Waals surface area contributed by atoms with Crippen molar-refractivity contribution in [3.05, 3.63) is 65.7 Å². The van der Waals surface area contributed by atoms with E-state index in [4.69, 9.17) is 0 Å². The first-order chi connectivity index (χ1) is 11.0. The van der Waals surface area contributed by atoms with Crippen molar-refractivity contribution in [2.24, 2.45) is 11.3 Å². The van der Waals surface area contributed by atoms with Gasteiger partial charge in [-0.2, -0.15) is 0 Å². The molecular formula is C19H21FN2O. The van der Waals surface area contributed by atoms with E-state index in [-0.39, 0.29) is 23.1 Å². The van der Waals surface area contributed by atoms with Gasteiger partial charge in [0.25, 0.3) is 0 Å². The molecule has 0 spiro atoms. The fourth-order valence-corrected chi connectivity index (χ4v) is 2.84. The largest absolute Gasteiger partial charge is 0.334 e. The maximum atomic E-state index is 13.1. The molecule has 1 heterocycles. The van der Waals surface area contributed by atoms with E-state index in [2.05, 4.69) is 18.8 Å². The molecule has 1 fully saturated rings. The molecule has 3 nitrogen and oxygen atoms in total. The van der Waals surface area contributed by atoms with Gasteiger partial charge in [-0.05, 0) is 47.2 Å². The molecule has 120 valence electrons. The minimum absolute atomic E-state index is 0.0878. The lowest BCUT2D eigenvalue weighted by Gasteiger charge is -2.24. The predicted molar refractivity (Wildman–Crippen MR) is 86.8 cm³/mol. The number of benzene rings is 1. The van der Waals surface area contributed by atoms with Gasteiger partial charge in [-0.3, -0.25) is 9.78 Å². The van der Waals surface area contributed by atoms with E-state index in [9.17, 15) is 9.18 Å². The third-order valence-electron chi connectivity index (χ3n) is 4.53. The molecule has 0 bridgehead atoms. The zero-order chi connectivity index (χ0) is 16.4. The second kappa shape index (κ2) is 6.11. The van der Waals surface area contributed by atoms with Crippen LogP contribution in [-0.2, 0) is 17.9 Å². The molecule has 0 saturated heterocycles. The molecule has 1 saturated carbocycles. The number of aromatic nitrogens is 1. The number of rotatable bonds is 5. The number of pyridine rings is 1. The van der Waals surface area contributed by atoms with Crippen LogP contribution in [0.4, 0.5) is 4.39 Å². The minimum Gasteiger partial charge on any atom is -0.334 e. The lowest BCUT2D eigenvalue weighted by Crippen LogP contribution is -2.32. The average Bonchev–Trinajstić information content (AvgIpc) is 3.18. The number of halogens is 1. The molecule has 3 rings (SSSR count). The molecule has 2 aromatic rings. The van der Waals surface area contributed by atoms with Crippen LogP contribution in [0.3, 0.4) is 0 Å². The molecule has 0 N–H and O–H groups in total. The van der Waals surface area contributed by atoms with Crippen LogP contribution in [-0.4, -0.2) is 15.8 Å². The van der Waals surface area contributed by atoms with E-state index in [1.165, 1.54) is 12.1 Å². The molecule has 0 aliphatic heterocycles. The Morgan fingerprint density at radius 3 is 2.17 bits per heavy atom. The molecule has 0 radical (unpaired) electrons. The number of hydrogen-bond acceptors (Lipinski definition) is 2. The van der Waals surface area contributed by atoms with Crippen molar-refractivity contribution in [3.8, 4) is 0 Å². The summed E-state index contributed by atoms with van der Waals surface area (Å²) in [6.45, 7) is 5.29. The van der Waals surface area contributed by atoms with E-state index >= 15 is 0 Å². The highest BCUT2D eigenvalue weighted by Gasteiger charge is 2.51. The Bertz CT molecular complexity index is 682. The van der Waals surface area contributed by atoms with Crippen molar-refractivity contribution in [2.45, 2.75) is 33.4 Å². The van der Waals surface area contributed by atoms with Crippen LogP contribution >= 0.6 is 0 Å². The lowest BCUT2D eigenvalue weighted by atomic mass is 10.1. The van der Waals surface area contributed by atoms with E-state index in [0.29, 0.717) is 13.1 Å². The van der Waals surface area contributed by atoms with Gasteiger partial charge in [0.2, 0.25) is 5.91 Å². The van der Waals surface area contributed by atoms with Crippen LogP contribution in [0.2, 0.25) is 0 Å². The average molecular weight is 312 g/mol. The van der Waals surface area contributed by atoms with Crippen LogP contribution in [0.1, 0.15) is 31.4 Å². The number of hydrogen-bond donors (Lipinski definition) is 0. The number of nitrogens with zero attached hydrogens (tertiary/aromatic N) is 2. The third-order valence-corrected chi connectivity index (χ3v) is 4.53. The second-order valence-corrected chi connectivity index (χ2v) is 6.92.